The third-order valence-corrected chi connectivity index (χ3v) is 1.64. The van der Waals surface area contributed by atoms with Crippen LogP contribution in [0.1, 0.15) is 47.0 Å². The number of rotatable bonds is 5. The van der Waals surface area contributed by atoms with Gasteiger partial charge in [-0.3, -0.25) is 0 Å². The van der Waals surface area contributed by atoms with Crippen LogP contribution in [0, 0.1) is 0 Å². The minimum atomic E-state index is -0.396. The molecule has 0 rings (SSSR count). The molecule has 0 heterocycles. The molecule has 0 fully saturated rings. The first-order chi connectivity index (χ1) is 6.95. The fraction of sp³-hybridized carbons (Fsp3) is 0.615. The summed E-state index contributed by atoms with van der Waals surface area (Å²) >= 11 is 0. The maximum atomic E-state index is 11.2. The second-order valence-corrected chi connectivity index (χ2v) is 4.44. The van der Waals surface area contributed by atoms with Gasteiger partial charge in [0.2, 0.25) is 0 Å². The minimum Gasteiger partial charge on any atom is -0.457 e. The van der Waals surface area contributed by atoms with Crippen LogP contribution in [0.4, 0.5) is 0 Å². The smallest absolute Gasteiger partial charge is 0.330 e. The lowest BCUT2D eigenvalue weighted by molar-refractivity contribution is -0.148. The van der Waals surface area contributed by atoms with Crippen LogP contribution in [0.25, 0.3) is 0 Å². The summed E-state index contributed by atoms with van der Waals surface area (Å²) in [6, 6.07) is 0. The van der Waals surface area contributed by atoms with Crippen molar-refractivity contribution in [2.24, 2.45) is 0 Å². The van der Waals surface area contributed by atoms with Crippen molar-refractivity contribution in [1.29, 1.82) is 0 Å². The Morgan fingerprint density at radius 1 is 1.20 bits per heavy atom. The summed E-state index contributed by atoms with van der Waals surface area (Å²) in [6.07, 6.45) is 10.6. The number of carbonyl (C=O) groups is 1. The first-order valence-electron chi connectivity index (χ1n) is 5.46. The second kappa shape index (κ2) is 7.27. The highest BCUT2D eigenvalue weighted by Gasteiger charge is 2.13. The lowest BCUT2D eigenvalue weighted by atomic mass is 10.2. The molecule has 0 bridgehead atoms. The van der Waals surface area contributed by atoms with E-state index in [1.807, 2.05) is 39.8 Å². The fourth-order valence-electron chi connectivity index (χ4n) is 1.04. The maximum absolute atomic E-state index is 11.2. The molecule has 0 aromatic heterocycles. The molecule has 0 atom stereocenters. The molecule has 0 N–H and O–H groups in total. The predicted molar refractivity (Wildman–Crippen MR) is 63.7 cm³/mol. The van der Waals surface area contributed by atoms with Crippen molar-refractivity contribution in [3.05, 3.63) is 24.3 Å². The first-order valence-corrected chi connectivity index (χ1v) is 5.46. The molecular formula is C13H22O2. The summed E-state index contributed by atoms with van der Waals surface area (Å²) in [5.74, 6) is -0.256. The number of unbranched alkanes of at least 4 members (excludes halogenated alkanes) is 2. The average Bonchev–Trinajstić information content (AvgIpc) is 2.08. The molecule has 0 amide bonds. The molecule has 0 aromatic carbocycles. The van der Waals surface area contributed by atoms with Crippen molar-refractivity contribution >= 4 is 5.97 Å². The number of carbonyl (C=O) groups excluding carboxylic acids is 1. The number of hydrogen-bond donors (Lipinski definition) is 0. The van der Waals surface area contributed by atoms with Gasteiger partial charge >= 0.3 is 5.97 Å². The van der Waals surface area contributed by atoms with Gasteiger partial charge in [-0.1, -0.05) is 18.2 Å². The molecular weight excluding hydrogens is 188 g/mol. The molecule has 0 radical (unpaired) electrons. The standard InChI is InChI=1S/C13H22O2/c1-5-6-7-8-9-10-11-12(14)15-13(2,3)4/h5-6,10-11H,7-9H2,1-4H3. The van der Waals surface area contributed by atoms with E-state index in [2.05, 4.69) is 6.08 Å². The third kappa shape index (κ3) is 10.9. The summed E-state index contributed by atoms with van der Waals surface area (Å²) < 4.78 is 5.13. The quantitative estimate of drug-likeness (QED) is 0.300. The summed E-state index contributed by atoms with van der Waals surface area (Å²) in [5, 5.41) is 0. The van der Waals surface area contributed by atoms with Crippen molar-refractivity contribution < 1.29 is 9.53 Å². The number of hydrogen-bond acceptors (Lipinski definition) is 2. The van der Waals surface area contributed by atoms with Gasteiger partial charge in [-0.15, -0.1) is 0 Å². The van der Waals surface area contributed by atoms with Gasteiger partial charge in [0.05, 0.1) is 0 Å². The van der Waals surface area contributed by atoms with E-state index < -0.39 is 5.60 Å². The van der Waals surface area contributed by atoms with E-state index in [9.17, 15) is 4.79 Å². The van der Waals surface area contributed by atoms with Gasteiger partial charge in [-0.25, -0.2) is 4.79 Å². The van der Waals surface area contributed by atoms with Crippen molar-refractivity contribution in [1.82, 2.24) is 0 Å². The van der Waals surface area contributed by atoms with Crippen LogP contribution in [0.15, 0.2) is 24.3 Å². The van der Waals surface area contributed by atoms with Crippen molar-refractivity contribution in [3.63, 3.8) is 0 Å². The minimum absolute atomic E-state index is 0.256. The highest BCUT2D eigenvalue weighted by Crippen LogP contribution is 2.07. The Morgan fingerprint density at radius 3 is 2.33 bits per heavy atom. The predicted octanol–water partition coefficient (Wildman–Crippen LogP) is 3.63. The van der Waals surface area contributed by atoms with Crippen LogP contribution in [0.5, 0.6) is 0 Å². The lowest BCUT2D eigenvalue weighted by Gasteiger charge is -2.17. The first kappa shape index (κ1) is 13.9. The monoisotopic (exact) mass is 210 g/mol. The van der Waals surface area contributed by atoms with E-state index in [1.54, 1.807) is 0 Å². The van der Waals surface area contributed by atoms with Crippen LogP contribution < -0.4 is 0 Å². The zero-order valence-corrected chi connectivity index (χ0v) is 10.2. The molecule has 2 heteroatoms. The summed E-state index contributed by atoms with van der Waals surface area (Å²) in [7, 11) is 0. The largest absolute Gasteiger partial charge is 0.457 e. The van der Waals surface area contributed by atoms with E-state index in [0.717, 1.165) is 19.3 Å². The number of allylic oxidation sites excluding steroid dienone is 3. The van der Waals surface area contributed by atoms with Crippen molar-refractivity contribution in [2.45, 2.75) is 52.6 Å². The normalized spacial score (nSPS) is 12.5. The Hall–Kier alpha value is -1.05. The molecule has 0 aliphatic rings. The van der Waals surface area contributed by atoms with Gasteiger partial charge < -0.3 is 4.74 Å². The van der Waals surface area contributed by atoms with Crippen LogP contribution in [-0.2, 0) is 9.53 Å². The van der Waals surface area contributed by atoms with E-state index >= 15 is 0 Å². The van der Waals surface area contributed by atoms with E-state index in [0.29, 0.717) is 0 Å². The SMILES string of the molecule is CC=CCCCC=CC(=O)OC(C)(C)C. The molecule has 0 spiro atoms. The molecule has 0 saturated carbocycles. The van der Waals surface area contributed by atoms with Crippen molar-refractivity contribution in [3.8, 4) is 0 Å². The maximum Gasteiger partial charge on any atom is 0.330 e. The van der Waals surface area contributed by atoms with Crippen LogP contribution in [0.3, 0.4) is 0 Å². The third-order valence-electron chi connectivity index (χ3n) is 1.64. The highest BCUT2D eigenvalue weighted by atomic mass is 16.6. The molecule has 0 aromatic rings. The van der Waals surface area contributed by atoms with E-state index in [1.165, 1.54) is 6.08 Å². The molecule has 0 aliphatic heterocycles. The van der Waals surface area contributed by atoms with E-state index in [4.69, 9.17) is 4.74 Å². The molecule has 2 nitrogen and oxygen atoms in total. The molecule has 86 valence electrons. The molecule has 15 heavy (non-hydrogen) atoms. The summed E-state index contributed by atoms with van der Waals surface area (Å²) in [4.78, 5) is 11.2. The van der Waals surface area contributed by atoms with Gasteiger partial charge in [-0.05, 0) is 47.0 Å². The number of esters is 1. The second-order valence-electron chi connectivity index (χ2n) is 4.44. The van der Waals surface area contributed by atoms with E-state index in [-0.39, 0.29) is 5.97 Å². The van der Waals surface area contributed by atoms with Gasteiger partial charge in [0.1, 0.15) is 5.60 Å². The molecule has 0 unspecified atom stereocenters. The summed E-state index contributed by atoms with van der Waals surface area (Å²) in [6.45, 7) is 7.61. The Bertz CT molecular complexity index is 231. The molecule has 0 aliphatic carbocycles. The Morgan fingerprint density at radius 2 is 1.80 bits per heavy atom. The Kier molecular flexibility index (Phi) is 6.76. The zero-order valence-electron chi connectivity index (χ0n) is 10.2. The van der Waals surface area contributed by atoms with Crippen LogP contribution >= 0.6 is 0 Å². The molecule has 0 saturated heterocycles. The Balaban J connectivity index is 3.64. The lowest BCUT2D eigenvalue weighted by Crippen LogP contribution is -2.22. The van der Waals surface area contributed by atoms with Gasteiger partial charge in [0.25, 0.3) is 0 Å². The van der Waals surface area contributed by atoms with Crippen LogP contribution in [0.2, 0.25) is 0 Å². The van der Waals surface area contributed by atoms with Gasteiger partial charge in [0, 0.05) is 6.08 Å². The number of ether oxygens (including phenoxy) is 1. The topological polar surface area (TPSA) is 26.3 Å². The zero-order chi connectivity index (χ0) is 11.7. The van der Waals surface area contributed by atoms with Crippen LogP contribution in [-0.4, -0.2) is 11.6 Å². The van der Waals surface area contributed by atoms with Crippen molar-refractivity contribution in [2.75, 3.05) is 0 Å². The highest BCUT2D eigenvalue weighted by molar-refractivity contribution is 5.82. The van der Waals surface area contributed by atoms with Gasteiger partial charge in [0.15, 0.2) is 0 Å². The fourth-order valence-corrected chi connectivity index (χ4v) is 1.04. The average molecular weight is 210 g/mol. The summed E-state index contributed by atoms with van der Waals surface area (Å²) in [5.41, 5.74) is -0.396. The van der Waals surface area contributed by atoms with Gasteiger partial charge in [-0.2, -0.15) is 0 Å². The Labute approximate surface area is 93.0 Å².